The molecule has 0 fully saturated rings. The van der Waals surface area contributed by atoms with Crippen LogP contribution in [0.1, 0.15) is 24.2 Å². The average molecular weight is 287 g/mol. The summed E-state index contributed by atoms with van der Waals surface area (Å²) in [4.78, 5) is 18.7. The number of rotatable bonds is 5. The fourth-order valence-electron chi connectivity index (χ4n) is 2.53. The maximum atomic E-state index is 12.8. The second-order valence-corrected chi connectivity index (χ2v) is 5.00. The molecule has 0 spiro atoms. The van der Waals surface area contributed by atoms with Gasteiger partial charge >= 0.3 is 0 Å². The molecule has 0 aliphatic heterocycles. The van der Waals surface area contributed by atoms with Gasteiger partial charge in [0.05, 0.1) is 18.2 Å². The van der Waals surface area contributed by atoms with Gasteiger partial charge in [-0.3, -0.25) is 4.79 Å². The number of carbonyl (C=O) groups is 1. The first-order valence-corrected chi connectivity index (χ1v) is 7.03. The maximum Gasteiger partial charge on any atom is 0.256 e. The molecule has 2 aromatic rings. The van der Waals surface area contributed by atoms with Gasteiger partial charge in [0.2, 0.25) is 0 Å². The van der Waals surface area contributed by atoms with Crippen molar-refractivity contribution in [1.29, 1.82) is 0 Å². The minimum atomic E-state index is -0.0502. The molecule has 1 atom stereocenters. The summed E-state index contributed by atoms with van der Waals surface area (Å²) in [6.45, 7) is 5.04. The van der Waals surface area contributed by atoms with Gasteiger partial charge in [0.25, 0.3) is 5.91 Å². The van der Waals surface area contributed by atoms with E-state index < -0.39 is 0 Å². The molecule has 2 N–H and O–H groups in total. The molecule has 2 rings (SSSR count). The van der Waals surface area contributed by atoms with Gasteiger partial charge in [0, 0.05) is 25.2 Å². The quantitative estimate of drug-likeness (QED) is 0.916. The van der Waals surface area contributed by atoms with Crippen LogP contribution in [0.25, 0.3) is 10.8 Å². The summed E-state index contributed by atoms with van der Waals surface area (Å²) in [5.74, 6) is 0.390. The monoisotopic (exact) mass is 287 g/mol. The highest BCUT2D eigenvalue weighted by atomic mass is 16.5. The number of fused-ring (bicyclic) bond motifs is 1. The van der Waals surface area contributed by atoms with Crippen LogP contribution < -0.4 is 5.73 Å². The van der Waals surface area contributed by atoms with E-state index in [2.05, 4.69) is 4.98 Å². The number of hydrogen-bond acceptors (Lipinski definition) is 4. The highest BCUT2D eigenvalue weighted by Gasteiger charge is 2.22. The van der Waals surface area contributed by atoms with Crippen molar-refractivity contribution in [3.05, 3.63) is 36.0 Å². The first-order chi connectivity index (χ1) is 10.1. The van der Waals surface area contributed by atoms with Gasteiger partial charge in [0.15, 0.2) is 0 Å². The van der Waals surface area contributed by atoms with Gasteiger partial charge in [-0.25, -0.2) is 4.98 Å². The molecule has 0 saturated heterocycles. The topological polar surface area (TPSA) is 68.5 Å². The van der Waals surface area contributed by atoms with E-state index in [4.69, 9.17) is 10.5 Å². The van der Waals surface area contributed by atoms with Gasteiger partial charge in [-0.15, -0.1) is 0 Å². The normalized spacial score (nSPS) is 12.3. The highest BCUT2D eigenvalue weighted by molar-refractivity contribution is 6.09. The summed E-state index contributed by atoms with van der Waals surface area (Å²) in [6.07, 6.45) is 1.56. The Balaban J connectivity index is 2.46. The van der Waals surface area contributed by atoms with Crippen molar-refractivity contribution in [2.75, 3.05) is 26.0 Å². The van der Waals surface area contributed by atoms with Crippen LogP contribution >= 0.6 is 0 Å². The second kappa shape index (κ2) is 6.54. The zero-order valence-corrected chi connectivity index (χ0v) is 12.7. The number of pyridine rings is 1. The van der Waals surface area contributed by atoms with Crippen LogP contribution in [0.3, 0.4) is 0 Å². The van der Waals surface area contributed by atoms with Crippen LogP contribution in [-0.2, 0) is 4.74 Å². The summed E-state index contributed by atoms with van der Waals surface area (Å²) in [6, 6.07) is 7.56. The van der Waals surface area contributed by atoms with E-state index in [1.807, 2.05) is 38.1 Å². The summed E-state index contributed by atoms with van der Waals surface area (Å²) >= 11 is 0. The standard InChI is InChI=1S/C16H21N3O2/c1-4-19(11(2)10-21-3)16(20)14-9-18-15(17)13-8-6-5-7-12(13)14/h5-9,11H,4,10H2,1-3H3,(H2,17,18). The molecule has 1 amide bonds. The predicted molar refractivity (Wildman–Crippen MR) is 84.2 cm³/mol. The Bertz CT molecular complexity index is 642. The van der Waals surface area contributed by atoms with E-state index in [1.165, 1.54) is 0 Å². The Morgan fingerprint density at radius 3 is 2.67 bits per heavy atom. The zero-order valence-electron chi connectivity index (χ0n) is 12.7. The summed E-state index contributed by atoms with van der Waals surface area (Å²) in [7, 11) is 1.63. The van der Waals surface area contributed by atoms with Crippen molar-refractivity contribution in [1.82, 2.24) is 9.88 Å². The second-order valence-electron chi connectivity index (χ2n) is 5.00. The molecule has 1 unspecified atom stereocenters. The largest absolute Gasteiger partial charge is 0.383 e. The Morgan fingerprint density at radius 1 is 1.38 bits per heavy atom. The van der Waals surface area contributed by atoms with Crippen molar-refractivity contribution in [2.24, 2.45) is 0 Å². The molecule has 21 heavy (non-hydrogen) atoms. The van der Waals surface area contributed by atoms with Crippen LogP contribution in [0.15, 0.2) is 30.5 Å². The minimum Gasteiger partial charge on any atom is -0.383 e. The van der Waals surface area contributed by atoms with Gasteiger partial charge < -0.3 is 15.4 Å². The predicted octanol–water partition coefficient (Wildman–Crippen LogP) is 2.31. The van der Waals surface area contributed by atoms with Crippen LogP contribution in [0, 0.1) is 0 Å². The third kappa shape index (κ3) is 2.97. The fourth-order valence-corrected chi connectivity index (χ4v) is 2.53. The number of ether oxygens (including phenoxy) is 1. The number of carbonyl (C=O) groups excluding carboxylic acids is 1. The maximum absolute atomic E-state index is 12.8. The van der Waals surface area contributed by atoms with E-state index >= 15 is 0 Å². The van der Waals surface area contributed by atoms with Crippen LogP contribution in [0.4, 0.5) is 5.82 Å². The first kappa shape index (κ1) is 15.3. The number of methoxy groups -OCH3 is 1. The fraction of sp³-hybridized carbons (Fsp3) is 0.375. The van der Waals surface area contributed by atoms with E-state index in [0.29, 0.717) is 24.5 Å². The number of amides is 1. The van der Waals surface area contributed by atoms with Crippen LogP contribution in [0.2, 0.25) is 0 Å². The van der Waals surface area contributed by atoms with Gasteiger partial charge in [-0.05, 0) is 19.2 Å². The molecular weight excluding hydrogens is 266 g/mol. The highest BCUT2D eigenvalue weighted by Crippen LogP contribution is 2.24. The molecule has 1 aromatic carbocycles. The Hall–Kier alpha value is -2.14. The van der Waals surface area contributed by atoms with Crippen molar-refractivity contribution >= 4 is 22.5 Å². The zero-order chi connectivity index (χ0) is 15.4. The van der Waals surface area contributed by atoms with E-state index in [-0.39, 0.29) is 11.9 Å². The molecule has 0 radical (unpaired) electrons. The number of nitrogen functional groups attached to an aromatic ring is 1. The Kier molecular flexibility index (Phi) is 4.75. The molecule has 0 bridgehead atoms. The van der Waals surface area contributed by atoms with Crippen molar-refractivity contribution in [3.8, 4) is 0 Å². The number of hydrogen-bond donors (Lipinski definition) is 1. The number of benzene rings is 1. The van der Waals surface area contributed by atoms with Crippen molar-refractivity contribution in [3.63, 3.8) is 0 Å². The van der Waals surface area contributed by atoms with E-state index in [0.717, 1.165) is 10.8 Å². The van der Waals surface area contributed by atoms with Gasteiger partial charge in [-0.1, -0.05) is 24.3 Å². The smallest absolute Gasteiger partial charge is 0.256 e. The minimum absolute atomic E-state index is 0.00353. The summed E-state index contributed by atoms with van der Waals surface area (Å²) in [5.41, 5.74) is 6.46. The molecule has 0 aliphatic rings. The molecule has 5 nitrogen and oxygen atoms in total. The number of nitrogens with two attached hydrogens (primary N) is 1. The first-order valence-electron chi connectivity index (χ1n) is 7.03. The number of aromatic nitrogens is 1. The average Bonchev–Trinajstić information content (AvgIpc) is 2.49. The lowest BCUT2D eigenvalue weighted by Crippen LogP contribution is -2.41. The van der Waals surface area contributed by atoms with Crippen molar-refractivity contribution < 1.29 is 9.53 Å². The lowest BCUT2D eigenvalue weighted by atomic mass is 10.1. The SMILES string of the molecule is CCN(C(=O)c1cnc(N)c2ccccc12)C(C)COC. The third-order valence-corrected chi connectivity index (χ3v) is 3.60. The summed E-state index contributed by atoms with van der Waals surface area (Å²) < 4.78 is 5.15. The third-order valence-electron chi connectivity index (χ3n) is 3.60. The van der Waals surface area contributed by atoms with Gasteiger partial charge in [0.1, 0.15) is 5.82 Å². The number of anilines is 1. The van der Waals surface area contributed by atoms with Crippen molar-refractivity contribution in [2.45, 2.75) is 19.9 Å². The van der Waals surface area contributed by atoms with Crippen LogP contribution in [0.5, 0.6) is 0 Å². The molecule has 0 saturated carbocycles. The lowest BCUT2D eigenvalue weighted by Gasteiger charge is -2.28. The Labute approximate surface area is 124 Å². The van der Waals surface area contributed by atoms with Crippen LogP contribution in [-0.4, -0.2) is 42.1 Å². The van der Waals surface area contributed by atoms with E-state index in [1.54, 1.807) is 18.2 Å². The lowest BCUT2D eigenvalue weighted by molar-refractivity contribution is 0.0581. The molecule has 5 heteroatoms. The molecular formula is C16H21N3O2. The molecule has 1 aromatic heterocycles. The molecule has 0 aliphatic carbocycles. The molecule has 1 heterocycles. The molecule has 112 valence electrons. The van der Waals surface area contributed by atoms with E-state index in [9.17, 15) is 4.79 Å². The summed E-state index contributed by atoms with van der Waals surface area (Å²) in [5, 5.41) is 1.64. The Morgan fingerprint density at radius 2 is 2.05 bits per heavy atom. The number of nitrogens with zero attached hydrogens (tertiary/aromatic N) is 2. The number of likely N-dealkylation sites (N-methyl/N-ethyl adjacent to an activating group) is 1. The van der Waals surface area contributed by atoms with Gasteiger partial charge in [-0.2, -0.15) is 0 Å².